The van der Waals surface area contributed by atoms with Gasteiger partial charge >= 0.3 is 0 Å². The maximum absolute atomic E-state index is 13.5. The molecule has 3 aromatic carbocycles. The van der Waals surface area contributed by atoms with E-state index in [1.54, 1.807) is 13.2 Å². The highest BCUT2D eigenvalue weighted by Crippen LogP contribution is 2.42. The van der Waals surface area contributed by atoms with Crippen LogP contribution in [0.5, 0.6) is 5.75 Å². The zero-order valence-electron chi connectivity index (χ0n) is 18.0. The predicted octanol–water partition coefficient (Wildman–Crippen LogP) is 5.22. The third kappa shape index (κ3) is 4.17. The van der Waals surface area contributed by atoms with Gasteiger partial charge in [-0.05, 0) is 60.9 Å². The highest BCUT2D eigenvalue weighted by atomic mass is 16.5. The molecule has 4 rings (SSSR count). The van der Waals surface area contributed by atoms with E-state index in [0.29, 0.717) is 11.3 Å². The summed E-state index contributed by atoms with van der Waals surface area (Å²) in [4.78, 5) is 26.7. The van der Waals surface area contributed by atoms with Crippen LogP contribution in [0.4, 0.5) is 11.4 Å². The van der Waals surface area contributed by atoms with Crippen LogP contribution in [0.3, 0.4) is 0 Å². The number of fused-ring (bicyclic) bond motifs is 1. The minimum absolute atomic E-state index is 0.0219. The molecule has 1 N–H and O–H groups in total. The Hall–Kier alpha value is -3.60. The van der Waals surface area contributed by atoms with Gasteiger partial charge in [0.15, 0.2) is 0 Å². The molecule has 0 spiro atoms. The van der Waals surface area contributed by atoms with E-state index in [4.69, 9.17) is 4.74 Å². The summed E-state index contributed by atoms with van der Waals surface area (Å²) in [5.74, 6) is 0.724. The molecule has 1 aliphatic rings. The van der Waals surface area contributed by atoms with Gasteiger partial charge in [-0.25, -0.2) is 0 Å². The van der Waals surface area contributed by atoms with Crippen LogP contribution in [0, 0.1) is 0 Å². The third-order valence-electron chi connectivity index (χ3n) is 5.76. The lowest BCUT2D eigenvalue weighted by Crippen LogP contribution is -2.43. The first kappa shape index (κ1) is 20.7. The smallest absolute Gasteiger partial charge is 0.258 e. The van der Waals surface area contributed by atoms with Gasteiger partial charge in [-0.2, -0.15) is 0 Å². The van der Waals surface area contributed by atoms with Crippen LogP contribution in [0.2, 0.25) is 0 Å². The predicted molar refractivity (Wildman–Crippen MR) is 123 cm³/mol. The average Bonchev–Trinajstić information content (AvgIpc) is 2.78. The maximum Gasteiger partial charge on any atom is 0.258 e. The van der Waals surface area contributed by atoms with Crippen LogP contribution in [0.15, 0.2) is 72.8 Å². The third-order valence-corrected chi connectivity index (χ3v) is 5.76. The minimum atomic E-state index is -0.0870. The highest BCUT2D eigenvalue weighted by Gasteiger charge is 2.34. The molecule has 158 valence electrons. The Morgan fingerprint density at radius 1 is 1.00 bits per heavy atom. The van der Waals surface area contributed by atoms with Gasteiger partial charge in [0, 0.05) is 35.8 Å². The zero-order valence-corrected chi connectivity index (χ0v) is 18.0. The van der Waals surface area contributed by atoms with E-state index in [0.717, 1.165) is 23.4 Å². The van der Waals surface area contributed by atoms with Crippen molar-refractivity contribution in [3.8, 4) is 5.75 Å². The minimum Gasteiger partial charge on any atom is -0.497 e. The van der Waals surface area contributed by atoms with Crippen LogP contribution in [-0.2, 0) is 4.79 Å². The van der Waals surface area contributed by atoms with Crippen molar-refractivity contribution < 1.29 is 14.3 Å². The van der Waals surface area contributed by atoms with Crippen molar-refractivity contribution in [2.24, 2.45) is 0 Å². The molecule has 0 aliphatic carbocycles. The number of methoxy groups -OCH3 is 1. The Balaban J connectivity index is 1.69. The lowest BCUT2D eigenvalue weighted by Gasteiger charge is -2.39. The summed E-state index contributed by atoms with van der Waals surface area (Å²) < 4.78 is 5.30. The van der Waals surface area contributed by atoms with E-state index < -0.39 is 0 Å². The molecule has 0 saturated heterocycles. The molecule has 31 heavy (non-hydrogen) atoms. The quantitative estimate of drug-likeness (QED) is 0.636. The number of rotatable bonds is 4. The molecule has 2 amide bonds. The number of anilines is 2. The first-order valence-corrected chi connectivity index (χ1v) is 10.4. The van der Waals surface area contributed by atoms with Gasteiger partial charge in [-0.3, -0.25) is 9.59 Å². The summed E-state index contributed by atoms with van der Waals surface area (Å²) in [6.45, 7) is 3.59. The lowest BCUT2D eigenvalue weighted by atomic mass is 9.81. The molecule has 1 heterocycles. The van der Waals surface area contributed by atoms with Crippen molar-refractivity contribution in [2.75, 3.05) is 17.3 Å². The summed E-state index contributed by atoms with van der Waals surface area (Å²) >= 11 is 0. The molecule has 0 aromatic heterocycles. The van der Waals surface area contributed by atoms with E-state index >= 15 is 0 Å². The SMILES string of the molecule is COc1cccc(C(=O)N2c3ccccc3C(c3ccc(NC(C)=O)cc3)CC2C)c1. The van der Waals surface area contributed by atoms with Gasteiger partial charge in [-0.15, -0.1) is 0 Å². The van der Waals surface area contributed by atoms with Crippen molar-refractivity contribution in [1.82, 2.24) is 0 Å². The standard InChI is InChI=1S/C26H26N2O3/c1-17-15-24(19-11-13-21(14-12-19)27-18(2)29)23-9-4-5-10-25(23)28(17)26(30)20-7-6-8-22(16-20)31-3/h4-14,16-17,24H,15H2,1-3H3,(H,27,29). The van der Waals surface area contributed by atoms with Crippen molar-refractivity contribution in [3.63, 3.8) is 0 Å². The topological polar surface area (TPSA) is 58.6 Å². The average molecular weight is 415 g/mol. The van der Waals surface area contributed by atoms with E-state index in [9.17, 15) is 9.59 Å². The first-order chi connectivity index (χ1) is 15.0. The molecular formula is C26H26N2O3. The second-order valence-corrected chi connectivity index (χ2v) is 7.91. The van der Waals surface area contributed by atoms with Crippen molar-refractivity contribution in [3.05, 3.63) is 89.5 Å². The van der Waals surface area contributed by atoms with Crippen LogP contribution >= 0.6 is 0 Å². The summed E-state index contributed by atoms with van der Waals surface area (Å²) in [6.07, 6.45) is 0.812. The largest absolute Gasteiger partial charge is 0.497 e. The van der Waals surface area contributed by atoms with Crippen LogP contribution < -0.4 is 15.0 Å². The Morgan fingerprint density at radius 2 is 1.74 bits per heavy atom. The molecule has 3 aromatic rings. The number of hydrogen-bond donors (Lipinski definition) is 1. The van der Waals surface area contributed by atoms with E-state index in [2.05, 4.69) is 30.4 Å². The van der Waals surface area contributed by atoms with Gasteiger partial charge in [0.2, 0.25) is 5.91 Å². The molecule has 0 radical (unpaired) electrons. The number of hydrogen-bond acceptors (Lipinski definition) is 3. The number of ether oxygens (including phenoxy) is 1. The summed E-state index contributed by atoms with van der Waals surface area (Å²) in [5.41, 5.74) is 4.62. The van der Waals surface area contributed by atoms with Gasteiger partial charge < -0.3 is 15.0 Å². The molecule has 5 nitrogen and oxygen atoms in total. The maximum atomic E-state index is 13.5. The Bertz CT molecular complexity index is 1110. The number of carbonyl (C=O) groups is 2. The zero-order chi connectivity index (χ0) is 22.0. The van der Waals surface area contributed by atoms with Gasteiger partial charge in [0.1, 0.15) is 5.75 Å². The molecular weight excluding hydrogens is 388 g/mol. The number of benzene rings is 3. The summed E-state index contributed by atoms with van der Waals surface area (Å²) in [7, 11) is 1.60. The lowest BCUT2D eigenvalue weighted by molar-refractivity contribution is -0.114. The van der Waals surface area contributed by atoms with Crippen molar-refractivity contribution >= 4 is 23.2 Å². The number of para-hydroxylation sites is 1. The summed E-state index contributed by atoms with van der Waals surface area (Å²) in [6, 6.07) is 23.4. The fourth-order valence-corrected chi connectivity index (χ4v) is 4.33. The fourth-order valence-electron chi connectivity index (χ4n) is 4.33. The molecule has 2 atom stereocenters. The molecule has 0 saturated carbocycles. The monoisotopic (exact) mass is 414 g/mol. The Kier molecular flexibility index (Phi) is 5.76. The first-order valence-electron chi connectivity index (χ1n) is 10.4. The van der Waals surface area contributed by atoms with Gasteiger partial charge in [0.25, 0.3) is 5.91 Å². The molecule has 0 fully saturated rings. The van der Waals surface area contributed by atoms with Crippen LogP contribution in [0.1, 0.15) is 47.7 Å². The number of amides is 2. The molecule has 1 aliphatic heterocycles. The van der Waals surface area contributed by atoms with Crippen LogP contribution in [-0.4, -0.2) is 25.0 Å². The second kappa shape index (κ2) is 8.64. The molecule has 2 unspecified atom stereocenters. The van der Waals surface area contributed by atoms with Gasteiger partial charge in [-0.1, -0.05) is 36.4 Å². The molecule has 5 heteroatoms. The van der Waals surface area contributed by atoms with E-state index in [1.165, 1.54) is 12.5 Å². The fraction of sp³-hybridized carbons (Fsp3) is 0.231. The Morgan fingerprint density at radius 3 is 2.45 bits per heavy atom. The normalized spacial score (nSPS) is 17.6. The van der Waals surface area contributed by atoms with Crippen LogP contribution in [0.25, 0.3) is 0 Å². The highest BCUT2D eigenvalue weighted by molar-refractivity contribution is 6.07. The second-order valence-electron chi connectivity index (χ2n) is 7.91. The molecule has 0 bridgehead atoms. The van der Waals surface area contributed by atoms with E-state index in [-0.39, 0.29) is 23.8 Å². The van der Waals surface area contributed by atoms with Crippen molar-refractivity contribution in [1.29, 1.82) is 0 Å². The van der Waals surface area contributed by atoms with Crippen molar-refractivity contribution in [2.45, 2.75) is 32.2 Å². The summed E-state index contributed by atoms with van der Waals surface area (Å²) in [5, 5.41) is 2.81. The number of carbonyl (C=O) groups excluding carboxylic acids is 2. The van der Waals surface area contributed by atoms with Gasteiger partial charge in [0.05, 0.1) is 7.11 Å². The Labute approximate surface area is 182 Å². The number of nitrogens with zero attached hydrogens (tertiary/aromatic N) is 1. The van der Waals surface area contributed by atoms with E-state index in [1.807, 2.05) is 53.4 Å². The number of nitrogens with one attached hydrogen (secondary N) is 1.